The number of hydrogen-bond donors (Lipinski definition) is 3. The van der Waals surface area contributed by atoms with Crippen LogP contribution in [0.25, 0.3) is 5.52 Å². The highest BCUT2D eigenvalue weighted by Gasteiger charge is 2.39. The molecule has 41 heavy (non-hydrogen) atoms. The monoisotopic (exact) mass is 585 g/mol. The van der Waals surface area contributed by atoms with Crippen LogP contribution in [0.5, 0.6) is 5.75 Å². The maximum Gasteiger partial charge on any atom is 0.459 e. The summed E-state index contributed by atoms with van der Waals surface area (Å²) in [5.74, 6) is -0.00894. The van der Waals surface area contributed by atoms with Crippen LogP contribution in [0.3, 0.4) is 0 Å². The number of nitrogen functional groups attached to an aromatic ring is 1. The molecule has 0 radical (unpaired) electrons. The normalized spacial score (nSPS) is 20.8. The van der Waals surface area contributed by atoms with Crippen LogP contribution in [0, 0.1) is 11.3 Å². The molecule has 3 atom stereocenters. The fraction of sp³-hybridized carbons (Fsp3) is 0.481. The van der Waals surface area contributed by atoms with Gasteiger partial charge in [0.05, 0.1) is 0 Å². The number of nitrogens with one attached hydrogen (secondary N) is 1. The quantitative estimate of drug-likeness (QED) is 0.197. The van der Waals surface area contributed by atoms with Gasteiger partial charge in [0.2, 0.25) is 0 Å². The molecule has 3 aromatic rings. The van der Waals surface area contributed by atoms with Gasteiger partial charge in [-0.2, -0.15) is 15.4 Å². The van der Waals surface area contributed by atoms with Crippen molar-refractivity contribution in [1.82, 2.24) is 19.7 Å². The van der Waals surface area contributed by atoms with Gasteiger partial charge in [-0.15, -0.1) is 0 Å². The number of nitrogens with two attached hydrogens (primary N) is 2. The van der Waals surface area contributed by atoms with E-state index in [1.165, 1.54) is 20.4 Å². The molecule has 1 unspecified atom stereocenters. The number of anilines is 1. The van der Waals surface area contributed by atoms with E-state index in [0.717, 1.165) is 18.5 Å². The van der Waals surface area contributed by atoms with Gasteiger partial charge in [0.25, 0.3) is 0 Å². The van der Waals surface area contributed by atoms with Crippen LogP contribution in [-0.2, 0) is 29.8 Å². The molecule has 4 rings (SSSR count). The number of benzene rings is 1. The Labute approximate surface area is 238 Å². The van der Waals surface area contributed by atoms with E-state index in [4.69, 9.17) is 30.0 Å². The zero-order chi connectivity index (χ0) is 29.5. The van der Waals surface area contributed by atoms with Crippen molar-refractivity contribution in [1.29, 1.82) is 5.26 Å². The topological polar surface area (TPSA) is 189 Å². The minimum Gasteiger partial charge on any atom is -0.461 e. The van der Waals surface area contributed by atoms with Gasteiger partial charge < -0.3 is 25.5 Å². The first-order chi connectivity index (χ1) is 19.7. The summed E-state index contributed by atoms with van der Waals surface area (Å²) < 4.78 is 38.3. The summed E-state index contributed by atoms with van der Waals surface area (Å²) in [4.78, 5) is 16.8. The van der Waals surface area contributed by atoms with E-state index in [9.17, 15) is 14.6 Å². The van der Waals surface area contributed by atoms with Crippen molar-refractivity contribution in [2.45, 2.75) is 69.2 Å². The number of methoxy groups -OCH3 is 1. The molecule has 1 fully saturated rings. The van der Waals surface area contributed by atoms with E-state index in [2.05, 4.69) is 21.2 Å². The van der Waals surface area contributed by atoms with Crippen LogP contribution < -0.4 is 21.1 Å². The lowest BCUT2D eigenvalue weighted by molar-refractivity contribution is -0.152. The summed E-state index contributed by atoms with van der Waals surface area (Å²) in [7, 11) is -2.84. The second kappa shape index (κ2) is 13.4. The lowest BCUT2D eigenvalue weighted by atomic mass is 9.94. The standard InChI is InChI=1S/C27H36N7O6P/c1-19(26(35)39-22-11-8-20(29)9-12-22)33-41(36,40-23-6-4-3-5-7-23)38-17-27(16-28,37-2)15-14-21-10-13-24-25(30)31-18-32-34(21)24/h3-7,10,13,18-20,22H,8-9,11-12,14-15,17,29H2,1-2H3,(H,33,36)(H2,30,31,32)/t19-,20?,22?,27+,41?/m0/s1. The zero-order valence-corrected chi connectivity index (χ0v) is 24.0. The highest BCUT2D eigenvalue weighted by molar-refractivity contribution is 7.52. The van der Waals surface area contributed by atoms with Gasteiger partial charge >= 0.3 is 13.7 Å². The van der Waals surface area contributed by atoms with Crippen molar-refractivity contribution in [2.24, 2.45) is 5.73 Å². The van der Waals surface area contributed by atoms with E-state index in [0.29, 0.717) is 30.6 Å². The number of rotatable bonds is 13. The first-order valence-electron chi connectivity index (χ1n) is 13.4. The number of aromatic nitrogens is 3. The Kier molecular flexibility index (Phi) is 9.96. The smallest absolute Gasteiger partial charge is 0.459 e. The van der Waals surface area contributed by atoms with Crippen molar-refractivity contribution < 1.29 is 27.9 Å². The average molecular weight is 586 g/mol. The second-order valence-electron chi connectivity index (χ2n) is 10.1. The molecular formula is C27H36N7O6P. The van der Waals surface area contributed by atoms with Gasteiger partial charge in [-0.05, 0) is 69.7 Å². The molecule has 13 nitrogen and oxygen atoms in total. The Morgan fingerprint density at radius 3 is 2.66 bits per heavy atom. The van der Waals surface area contributed by atoms with E-state index in [1.54, 1.807) is 40.9 Å². The number of carbonyl (C=O) groups is 1. The molecule has 1 aliphatic carbocycles. The third-order valence-electron chi connectivity index (χ3n) is 7.08. The predicted octanol–water partition coefficient (Wildman–Crippen LogP) is 3.15. The van der Waals surface area contributed by atoms with Crippen LogP contribution in [0.15, 0.2) is 48.8 Å². The van der Waals surface area contributed by atoms with Gasteiger partial charge in [0, 0.05) is 18.8 Å². The van der Waals surface area contributed by atoms with Crippen molar-refractivity contribution in [3.63, 3.8) is 0 Å². The SMILES string of the molecule is CO[C@@](C#N)(CCc1ccc2c(N)ncnn12)COP(=O)(N[C@@H](C)C(=O)OC1CCC(N)CC1)Oc1ccccc1. The number of esters is 1. The molecule has 0 spiro atoms. The summed E-state index contributed by atoms with van der Waals surface area (Å²) in [6, 6.07) is 13.2. The molecular weight excluding hydrogens is 549 g/mol. The third-order valence-corrected chi connectivity index (χ3v) is 8.71. The number of aryl methyl sites for hydroxylation is 1. The van der Waals surface area contributed by atoms with Crippen molar-refractivity contribution >= 4 is 25.1 Å². The molecule has 2 aromatic heterocycles. The number of nitrogens with zero attached hydrogens (tertiary/aromatic N) is 4. The average Bonchev–Trinajstić information content (AvgIpc) is 3.39. The Morgan fingerprint density at radius 2 is 1.98 bits per heavy atom. The number of para-hydroxylation sites is 1. The first-order valence-corrected chi connectivity index (χ1v) is 15.0. The summed E-state index contributed by atoms with van der Waals surface area (Å²) in [5, 5.41) is 17.0. The van der Waals surface area contributed by atoms with Crippen LogP contribution >= 0.6 is 7.75 Å². The Hall–Kier alpha value is -3.53. The largest absolute Gasteiger partial charge is 0.461 e. The summed E-state index contributed by atoms with van der Waals surface area (Å²) >= 11 is 0. The zero-order valence-electron chi connectivity index (χ0n) is 23.1. The summed E-state index contributed by atoms with van der Waals surface area (Å²) in [6.07, 6.45) is 4.50. The van der Waals surface area contributed by atoms with Crippen molar-refractivity contribution in [2.75, 3.05) is 19.5 Å². The lowest BCUT2D eigenvalue weighted by Crippen LogP contribution is -2.40. The molecule has 0 saturated heterocycles. The minimum absolute atomic E-state index is 0.109. The predicted molar refractivity (Wildman–Crippen MR) is 151 cm³/mol. The van der Waals surface area contributed by atoms with Gasteiger partial charge in [-0.25, -0.2) is 14.1 Å². The van der Waals surface area contributed by atoms with Crippen LogP contribution in [0.2, 0.25) is 0 Å². The minimum atomic E-state index is -4.21. The third kappa shape index (κ3) is 7.81. The molecule has 5 N–H and O–H groups in total. The molecule has 2 heterocycles. The fourth-order valence-corrected chi connectivity index (χ4v) is 6.09. The molecule has 1 aliphatic rings. The molecule has 220 valence electrons. The van der Waals surface area contributed by atoms with Crippen LogP contribution in [0.1, 0.15) is 44.7 Å². The maximum absolute atomic E-state index is 14.0. The Bertz CT molecular complexity index is 1410. The molecule has 0 aliphatic heterocycles. The number of fused-ring (bicyclic) bond motifs is 1. The lowest BCUT2D eigenvalue weighted by Gasteiger charge is -2.30. The van der Waals surface area contributed by atoms with E-state index in [-0.39, 0.29) is 24.3 Å². The molecule has 1 aromatic carbocycles. The van der Waals surface area contributed by atoms with Crippen molar-refractivity contribution in [3.8, 4) is 11.8 Å². The van der Waals surface area contributed by atoms with Gasteiger partial charge in [0.1, 0.15) is 42.4 Å². The van der Waals surface area contributed by atoms with Gasteiger partial charge in [0.15, 0.2) is 11.4 Å². The van der Waals surface area contributed by atoms with E-state index in [1.807, 2.05) is 6.07 Å². The Balaban J connectivity index is 1.46. The first kappa shape index (κ1) is 30.4. The fourth-order valence-electron chi connectivity index (χ4n) is 4.56. The second-order valence-corrected chi connectivity index (χ2v) is 11.8. The van der Waals surface area contributed by atoms with Gasteiger partial charge in [-0.3, -0.25) is 9.32 Å². The highest BCUT2D eigenvalue weighted by Crippen LogP contribution is 2.46. The number of hydrogen-bond acceptors (Lipinski definition) is 11. The number of carbonyl (C=O) groups excluding carboxylic acids is 1. The molecule has 14 heteroatoms. The molecule has 0 amide bonds. The van der Waals surface area contributed by atoms with Crippen LogP contribution in [0.4, 0.5) is 5.82 Å². The highest BCUT2D eigenvalue weighted by atomic mass is 31.2. The number of ether oxygens (including phenoxy) is 2. The molecule has 1 saturated carbocycles. The number of nitriles is 1. The van der Waals surface area contributed by atoms with Crippen molar-refractivity contribution in [3.05, 3.63) is 54.5 Å². The van der Waals surface area contributed by atoms with Gasteiger partial charge in [-0.1, -0.05) is 18.2 Å². The maximum atomic E-state index is 14.0. The van der Waals surface area contributed by atoms with E-state index >= 15 is 0 Å². The van der Waals surface area contributed by atoms with Crippen LogP contribution in [-0.4, -0.2) is 58.1 Å². The summed E-state index contributed by atoms with van der Waals surface area (Å²) in [5.41, 5.74) is 11.8. The Morgan fingerprint density at radius 1 is 1.24 bits per heavy atom. The summed E-state index contributed by atoms with van der Waals surface area (Å²) in [6.45, 7) is 1.10. The van der Waals surface area contributed by atoms with E-state index < -0.39 is 32.0 Å². The molecule has 0 bridgehead atoms.